The van der Waals surface area contributed by atoms with Crippen molar-refractivity contribution in [3.05, 3.63) is 59.4 Å². The minimum atomic E-state index is -3.28. The number of ketones is 1. The predicted molar refractivity (Wildman–Crippen MR) is 128 cm³/mol. The molecule has 8 heteroatoms. The van der Waals surface area contributed by atoms with Crippen LogP contribution in [0.3, 0.4) is 0 Å². The molecule has 0 unspecified atom stereocenters. The highest BCUT2D eigenvalue weighted by Crippen LogP contribution is 2.23. The molecular weight excluding hydrogens is 443 g/mol. The fourth-order valence-electron chi connectivity index (χ4n) is 3.26. The molecule has 0 aliphatic rings. The van der Waals surface area contributed by atoms with Crippen molar-refractivity contribution in [1.29, 1.82) is 10.8 Å². The maximum Gasteiger partial charge on any atom is 0.209 e. The molecule has 0 aromatic heterocycles. The number of hydrogen-bond donors (Lipinski definition) is 2. The van der Waals surface area contributed by atoms with Crippen LogP contribution in [0.25, 0.3) is 0 Å². The summed E-state index contributed by atoms with van der Waals surface area (Å²) in [5.74, 6) is -1.59. The van der Waals surface area contributed by atoms with Gasteiger partial charge in [-0.25, -0.2) is 12.8 Å². The second-order valence-corrected chi connectivity index (χ2v) is 10.2. The number of hydrogen-bond acceptors (Lipinski definition) is 6. The Labute approximate surface area is 195 Å². The molecule has 2 N–H and O–H groups in total. The molecule has 0 radical (unpaired) electrons. The van der Waals surface area contributed by atoms with E-state index in [-0.39, 0.29) is 34.4 Å². The third-order valence-electron chi connectivity index (χ3n) is 5.76. The van der Waals surface area contributed by atoms with E-state index in [4.69, 9.17) is 15.6 Å². The fourth-order valence-corrected chi connectivity index (χ4v) is 3.89. The van der Waals surface area contributed by atoms with Gasteiger partial charge in [-0.05, 0) is 55.0 Å². The van der Waals surface area contributed by atoms with Gasteiger partial charge in [0.1, 0.15) is 18.2 Å². The van der Waals surface area contributed by atoms with Crippen molar-refractivity contribution in [2.75, 3.05) is 6.26 Å². The van der Waals surface area contributed by atoms with Crippen molar-refractivity contribution in [2.45, 2.75) is 51.5 Å². The van der Waals surface area contributed by atoms with E-state index in [0.29, 0.717) is 24.1 Å². The van der Waals surface area contributed by atoms with Gasteiger partial charge >= 0.3 is 0 Å². The smallest absolute Gasteiger partial charge is 0.209 e. The normalized spacial score (nSPS) is 13.2. The zero-order chi connectivity index (χ0) is 24.8. The van der Waals surface area contributed by atoms with Gasteiger partial charge in [0.2, 0.25) is 5.78 Å². The summed E-state index contributed by atoms with van der Waals surface area (Å²) in [6, 6.07) is 10.1. The van der Waals surface area contributed by atoms with E-state index in [1.165, 1.54) is 24.3 Å². The molecule has 0 fully saturated rings. The summed E-state index contributed by atoms with van der Waals surface area (Å²) in [5.41, 5.74) is 0.817. The number of benzene rings is 2. The van der Waals surface area contributed by atoms with Gasteiger partial charge in [-0.2, -0.15) is 0 Å². The molecule has 2 rings (SSSR count). The molecule has 0 aliphatic heterocycles. The van der Waals surface area contributed by atoms with Crippen molar-refractivity contribution in [3.63, 3.8) is 0 Å². The van der Waals surface area contributed by atoms with Crippen molar-refractivity contribution in [2.24, 2.45) is 11.8 Å². The Balaban J connectivity index is 2.07. The Bertz CT molecular complexity index is 1130. The minimum absolute atomic E-state index is 0.0812. The molecule has 33 heavy (non-hydrogen) atoms. The van der Waals surface area contributed by atoms with Crippen LogP contribution < -0.4 is 4.74 Å². The largest absolute Gasteiger partial charge is 0.489 e. The van der Waals surface area contributed by atoms with Crippen LogP contribution >= 0.6 is 0 Å². The predicted octanol–water partition coefficient (Wildman–Crippen LogP) is 5.49. The average Bonchev–Trinajstić information content (AvgIpc) is 2.79. The van der Waals surface area contributed by atoms with E-state index in [2.05, 4.69) is 0 Å². The van der Waals surface area contributed by atoms with Crippen LogP contribution in [0.5, 0.6) is 5.75 Å². The average molecular weight is 475 g/mol. The molecule has 0 saturated heterocycles. The van der Waals surface area contributed by atoms with Crippen LogP contribution in [-0.4, -0.2) is 31.9 Å². The van der Waals surface area contributed by atoms with Gasteiger partial charge in [-0.3, -0.25) is 4.79 Å². The van der Waals surface area contributed by atoms with Crippen molar-refractivity contribution >= 4 is 27.0 Å². The number of rotatable bonds is 12. The van der Waals surface area contributed by atoms with Crippen molar-refractivity contribution in [1.82, 2.24) is 0 Å². The summed E-state index contributed by atoms with van der Waals surface area (Å²) in [5, 5.41) is 16.5. The zero-order valence-corrected chi connectivity index (χ0v) is 20.3. The van der Waals surface area contributed by atoms with Crippen molar-refractivity contribution in [3.8, 4) is 5.75 Å². The molecule has 0 aliphatic carbocycles. The van der Waals surface area contributed by atoms with E-state index in [1.54, 1.807) is 12.1 Å². The van der Waals surface area contributed by atoms with E-state index >= 15 is 0 Å². The third-order valence-corrected chi connectivity index (χ3v) is 6.89. The number of carbonyl (C=O) groups is 1. The van der Waals surface area contributed by atoms with E-state index in [0.717, 1.165) is 18.7 Å². The van der Waals surface area contributed by atoms with Gasteiger partial charge in [0.05, 0.1) is 16.2 Å². The summed E-state index contributed by atoms with van der Waals surface area (Å²) in [6.07, 6.45) is 2.78. The maximum absolute atomic E-state index is 14.7. The Kier molecular flexibility index (Phi) is 9.05. The molecule has 178 valence electrons. The molecule has 2 aromatic carbocycles. The Hall–Kier alpha value is -2.87. The molecule has 0 bridgehead atoms. The standard InChI is InChI=1S/C25H31FN2O4S/c1-5-16(3)23(27)13-18(6-2)24(28)25(29)21-12-9-19(14-22(21)26)32-15-17-7-10-20(11-8-17)33(4,30)31/h7-12,14,16,18,27-28H,5-6,13,15H2,1-4H3/t16-,18+/m1/s1. The summed E-state index contributed by atoms with van der Waals surface area (Å²) in [6.45, 7) is 5.88. The molecule has 2 aromatic rings. The Morgan fingerprint density at radius 1 is 1.06 bits per heavy atom. The van der Waals surface area contributed by atoms with Gasteiger partial charge in [-0.1, -0.05) is 32.9 Å². The van der Waals surface area contributed by atoms with E-state index < -0.39 is 27.4 Å². The van der Waals surface area contributed by atoms with Crippen LogP contribution in [0.2, 0.25) is 0 Å². The lowest BCUT2D eigenvalue weighted by Crippen LogP contribution is -2.27. The van der Waals surface area contributed by atoms with Gasteiger partial charge in [0.25, 0.3) is 0 Å². The summed E-state index contributed by atoms with van der Waals surface area (Å²) >= 11 is 0. The Morgan fingerprint density at radius 3 is 2.21 bits per heavy atom. The number of halogens is 1. The number of ether oxygens (including phenoxy) is 1. The zero-order valence-electron chi connectivity index (χ0n) is 19.4. The number of nitrogens with one attached hydrogen (secondary N) is 2. The summed E-state index contributed by atoms with van der Waals surface area (Å²) < 4.78 is 43.3. The monoisotopic (exact) mass is 474 g/mol. The lowest BCUT2D eigenvalue weighted by molar-refractivity contribution is 0.105. The topological polar surface area (TPSA) is 108 Å². The van der Waals surface area contributed by atoms with Gasteiger partial charge in [-0.15, -0.1) is 0 Å². The molecule has 0 heterocycles. The highest BCUT2D eigenvalue weighted by molar-refractivity contribution is 7.90. The summed E-state index contributed by atoms with van der Waals surface area (Å²) in [4.78, 5) is 13.0. The van der Waals surface area contributed by atoms with Gasteiger partial charge in [0, 0.05) is 24.0 Å². The first kappa shape index (κ1) is 26.4. The lowest BCUT2D eigenvalue weighted by atomic mass is 9.86. The fraction of sp³-hybridized carbons (Fsp3) is 0.400. The second-order valence-electron chi connectivity index (χ2n) is 8.23. The van der Waals surface area contributed by atoms with Crippen LogP contribution in [0, 0.1) is 28.5 Å². The summed E-state index contributed by atoms with van der Waals surface area (Å²) in [7, 11) is -3.28. The molecule has 2 atom stereocenters. The first-order chi connectivity index (χ1) is 15.5. The number of carbonyl (C=O) groups excluding carboxylic acids is 1. The van der Waals surface area contributed by atoms with Crippen LogP contribution in [0.4, 0.5) is 4.39 Å². The lowest BCUT2D eigenvalue weighted by Gasteiger charge is -2.19. The highest BCUT2D eigenvalue weighted by atomic mass is 32.2. The minimum Gasteiger partial charge on any atom is -0.489 e. The van der Waals surface area contributed by atoms with Crippen LogP contribution in [0.15, 0.2) is 47.4 Å². The second kappa shape index (κ2) is 11.3. The number of sulfone groups is 1. The first-order valence-electron chi connectivity index (χ1n) is 10.9. The van der Waals surface area contributed by atoms with Crippen LogP contribution in [-0.2, 0) is 16.4 Å². The molecular formula is C25H31FN2O4S. The van der Waals surface area contributed by atoms with Gasteiger partial charge < -0.3 is 15.6 Å². The van der Waals surface area contributed by atoms with Crippen molar-refractivity contribution < 1.29 is 22.3 Å². The third kappa shape index (κ3) is 7.05. The number of Topliss-reactive ketones (excluding diaryl/α,β-unsaturated/α-hetero) is 1. The quantitative estimate of drug-likeness (QED) is 0.313. The Morgan fingerprint density at radius 2 is 1.70 bits per heavy atom. The SMILES string of the molecule is CC[C@@H](CC(=N)[C@H](C)CC)C(=N)C(=O)c1ccc(OCc2ccc(S(C)(=O)=O)cc2)cc1F. The van der Waals surface area contributed by atoms with E-state index in [9.17, 15) is 17.6 Å². The van der Waals surface area contributed by atoms with Gasteiger partial charge in [0.15, 0.2) is 9.84 Å². The maximum atomic E-state index is 14.7. The highest BCUT2D eigenvalue weighted by Gasteiger charge is 2.25. The molecule has 0 amide bonds. The van der Waals surface area contributed by atoms with Crippen LogP contribution in [0.1, 0.15) is 56.0 Å². The molecule has 0 saturated carbocycles. The van der Waals surface area contributed by atoms with E-state index in [1.807, 2.05) is 20.8 Å². The molecule has 6 nitrogen and oxygen atoms in total. The first-order valence-corrected chi connectivity index (χ1v) is 12.8. The molecule has 0 spiro atoms.